The van der Waals surface area contributed by atoms with E-state index in [0.29, 0.717) is 5.92 Å². The van der Waals surface area contributed by atoms with Gasteiger partial charge in [-0.15, -0.1) is 0 Å². The van der Waals surface area contributed by atoms with Gasteiger partial charge in [0.05, 0.1) is 0 Å². The van der Waals surface area contributed by atoms with Gasteiger partial charge in [0.15, 0.2) is 0 Å². The van der Waals surface area contributed by atoms with Crippen molar-refractivity contribution in [2.75, 3.05) is 0 Å². The average molecular weight is 399 g/mol. The second kappa shape index (κ2) is 6.55. The molecule has 3 fully saturated rings. The summed E-state index contributed by atoms with van der Waals surface area (Å²) in [7, 11) is 0. The number of benzene rings is 1. The molecule has 8 unspecified atom stereocenters. The summed E-state index contributed by atoms with van der Waals surface area (Å²) in [5.41, 5.74) is 3.05. The van der Waals surface area contributed by atoms with Crippen molar-refractivity contribution in [3.8, 4) is 0 Å². The second-order valence-corrected chi connectivity index (χ2v) is 10.5. The van der Waals surface area contributed by atoms with Gasteiger partial charge < -0.3 is 0 Å². The van der Waals surface area contributed by atoms with Gasteiger partial charge in [-0.2, -0.15) is 0 Å². The normalized spacial score (nSPS) is 45.0. The molecule has 1 aromatic rings. The summed E-state index contributed by atoms with van der Waals surface area (Å²) in [6.07, 6.45) is 15.2. The maximum Gasteiger partial charge on any atom is 0.0207 e. The molecule has 3 saturated carbocycles. The van der Waals surface area contributed by atoms with Gasteiger partial charge in [0, 0.05) is 10.7 Å². The lowest BCUT2D eigenvalue weighted by Crippen LogP contribution is -2.41. The number of fused-ring (bicyclic) bond motifs is 3. The molecule has 1 aromatic carbocycles. The molecule has 0 N–H and O–H groups in total. The minimum Gasteiger partial charge on any atom is -0.0884 e. The third-order valence-electron chi connectivity index (χ3n) is 8.27. The summed E-state index contributed by atoms with van der Waals surface area (Å²) in [6, 6.07) is 9.05. The van der Waals surface area contributed by atoms with E-state index in [1.165, 1.54) is 50.5 Å². The Bertz CT molecular complexity index is 662. The first kappa shape index (κ1) is 16.6. The number of halogens is 1. The number of allylic oxidation sites excluding steroid dienone is 1. The molecule has 5 rings (SSSR count). The Hall–Kier alpha value is -0.560. The van der Waals surface area contributed by atoms with Crippen molar-refractivity contribution < 1.29 is 0 Å². The Kier molecular flexibility index (Phi) is 4.35. The monoisotopic (exact) mass is 398 g/mol. The fraction of sp³-hybridized carbons (Fsp3) is 0.667. The van der Waals surface area contributed by atoms with Gasteiger partial charge in [0.25, 0.3) is 0 Å². The minimum absolute atomic E-state index is 0.667. The summed E-state index contributed by atoms with van der Waals surface area (Å²) < 4.78 is 0. The molecule has 0 spiro atoms. The van der Waals surface area contributed by atoms with Crippen molar-refractivity contribution in [1.82, 2.24) is 0 Å². The van der Waals surface area contributed by atoms with Crippen LogP contribution in [-0.2, 0) is 0 Å². The molecule has 0 aliphatic heterocycles. The van der Waals surface area contributed by atoms with E-state index in [-0.39, 0.29) is 0 Å². The Labute approximate surface area is 161 Å². The molecule has 0 amide bonds. The highest BCUT2D eigenvalue weighted by Crippen LogP contribution is 2.59. The van der Waals surface area contributed by atoms with Crippen molar-refractivity contribution in [3.05, 3.63) is 41.5 Å². The SMILES string of the molecule is CC1CC2C(Br)C3CCCCC3CC2C1CC1C=Cc2ccccc21. The van der Waals surface area contributed by atoms with Crippen LogP contribution < -0.4 is 0 Å². The van der Waals surface area contributed by atoms with Gasteiger partial charge >= 0.3 is 0 Å². The van der Waals surface area contributed by atoms with Gasteiger partial charge in [-0.3, -0.25) is 0 Å². The standard InChI is InChI=1S/C24H31Br/c1-15-12-23-22(14-17-7-3-5-9-20(17)24(23)25)21(15)13-18-11-10-16-6-2-4-8-19(16)18/h2,4,6,8,10-11,15,17-18,20-24H,3,5,7,9,12-14H2,1H3. The van der Waals surface area contributed by atoms with Crippen molar-refractivity contribution in [2.24, 2.45) is 35.5 Å². The molecule has 0 heterocycles. The summed E-state index contributed by atoms with van der Waals surface area (Å²) in [4.78, 5) is 0.801. The van der Waals surface area contributed by atoms with E-state index in [1.54, 1.807) is 5.56 Å². The van der Waals surface area contributed by atoms with Crippen molar-refractivity contribution >= 4 is 22.0 Å². The van der Waals surface area contributed by atoms with Crippen LogP contribution in [0.1, 0.15) is 68.9 Å². The van der Waals surface area contributed by atoms with Crippen LogP contribution in [-0.4, -0.2) is 4.83 Å². The number of alkyl halides is 1. The molecule has 25 heavy (non-hydrogen) atoms. The van der Waals surface area contributed by atoms with Crippen LogP contribution in [0.5, 0.6) is 0 Å². The topological polar surface area (TPSA) is 0 Å². The molecule has 8 atom stereocenters. The van der Waals surface area contributed by atoms with E-state index in [2.05, 4.69) is 59.3 Å². The molecular formula is C24H31Br. The molecule has 4 aliphatic rings. The van der Waals surface area contributed by atoms with E-state index in [0.717, 1.165) is 40.3 Å². The molecule has 4 aliphatic carbocycles. The third-order valence-corrected chi connectivity index (χ3v) is 9.62. The highest BCUT2D eigenvalue weighted by atomic mass is 79.9. The van der Waals surface area contributed by atoms with Crippen LogP contribution in [0, 0.1) is 35.5 Å². The minimum atomic E-state index is 0.667. The van der Waals surface area contributed by atoms with E-state index in [9.17, 15) is 0 Å². The first-order valence-corrected chi connectivity index (χ1v) is 11.5. The summed E-state index contributed by atoms with van der Waals surface area (Å²) in [6.45, 7) is 2.55. The molecule has 0 bridgehead atoms. The highest BCUT2D eigenvalue weighted by Gasteiger charge is 2.51. The smallest absolute Gasteiger partial charge is 0.0207 e. The Morgan fingerprint density at radius 2 is 1.84 bits per heavy atom. The number of hydrogen-bond acceptors (Lipinski definition) is 0. The molecule has 134 valence electrons. The highest BCUT2D eigenvalue weighted by molar-refractivity contribution is 9.09. The zero-order valence-corrected chi connectivity index (χ0v) is 17.0. The van der Waals surface area contributed by atoms with E-state index in [1.807, 2.05) is 0 Å². The van der Waals surface area contributed by atoms with Crippen molar-refractivity contribution in [2.45, 2.75) is 62.6 Å². The van der Waals surface area contributed by atoms with E-state index < -0.39 is 0 Å². The first-order chi connectivity index (χ1) is 12.2. The molecule has 0 aromatic heterocycles. The fourth-order valence-corrected chi connectivity index (χ4v) is 8.38. The summed E-state index contributed by atoms with van der Waals surface area (Å²) in [5, 5.41) is 0. The molecule has 0 saturated heterocycles. The van der Waals surface area contributed by atoms with Crippen LogP contribution in [0.2, 0.25) is 0 Å². The maximum atomic E-state index is 4.22. The van der Waals surface area contributed by atoms with Crippen LogP contribution >= 0.6 is 15.9 Å². The third kappa shape index (κ3) is 2.76. The van der Waals surface area contributed by atoms with Crippen LogP contribution in [0.25, 0.3) is 6.08 Å². The van der Waals surface area contributed by atoms with Gasteiger partial charge in [0.1, 0.15) is 0 Å². The Morgan fingerprint density at radius 1 is 1.00 bits per heavy atom. The van der Waals surface area contributed by atoms with Gasteiger partial charge in [-0.25, -0.2) is 0 Å². The van der Waals surface area contributed by atoms with Crippen LogP contribution in [0.15, 0.2) is 30.3 Å². The van der Waals surface area contributed by atoms with Crippen LogP contribution in [0.3, 0.4) is 0 Å². The van der Waals surface area contributed by atoms with Crippen molar-refractivity contribution in [1.29, 1.82) is 0 Å². The van der Waals surface area contributed by atoms with Crippen LogP contribution in [0.4, 0.5) is 0 Å². The Balaban J connectivity index is 1.37. The molecule has 0 nitrogen and oxygen atoms in total. The fourth-order valence-electron chi connectivity index (χ4n) is 7.08. The molecular weight excluding hydrogens is 368 g/mol. The predicted molar refractivity (Wildman–Crippen MR) is 110 cm³/mol. The summed E-state index contributed by atoms with van der Waals surface area (Å²) >= 11 is 4.22. The zero-order chi connectivity index (χ0) is 17.0. The molecule has 1 heteroatoms. The Morgan fingerprint density at radius 3 is 2.76 bits per heavy atom. The van der Waals surface area contributed by atoms with E-state index >= 15 is 0 Å². The average Bonchev–Trinajstić information content (AvgIpc) is 3.18. The summed E-state index contributed by atoms with van der Waals surface area (Å²) in [5.74, 6) is 6.40. The first-order valence-electron chi connectivity index (χ1n) is 10.6. The number of hydrogen-bond donors (Lipinski definition) is 0. The lowest BCUT2D eigenvalue weighted by molar-refractivity contribution is 0.0827. The van der Waals surface area contributed by atoms with E-state index in [4.69, 9.17) is 0 Å². The second-order valence-electron chi connectivity index (χ2n) is 9.42. The number of rotatable bonds is 2. The maximum absolute atomic E-state index is 4.22. The quantitative estimate of drug-likeness (QED) is 0.468. The largest absolute Gasteiger partial charge is 0.0884 e. The zero-order valence-electron chi connectivity index (χ0n) is 15.4. The molecule has 0 radical (unpaired) electrons. The lowest BCUT2D eigenvalue weighted by Gasteiger charge is -2.46. The van der Waals surface area contributed by atoms with Gasteiger partial charge in [-0.1, -0.05) is 78.5 Å². The van der Waals surface area contributed by atoms with Gasteiger partial charge in [0.2, 0.25) is 0 Å². The lowest BCUT2D eigenvalue weighted by atomic mass is 9.62. The van der Waals surface area contributed by atoms with Gasteiger partial charge in [-0.05, 0) is 72.3 Å². The van der Waals surface area contributed by atoms with Crippen molar-refractivity contribution in [3.63, 3.8) is 0 Å². The predicted octanol–water partition coefficient (Wildman–Crippen LogP) is 7.05.